The fourth-order valence-electron chi connectivity index (χ4n) is 1.75. The van der Waals surface area contributed by atoms with Gasteiger partial charge in [0.05, 0.1) is 7.11 Å². The van der Waals surface area contributed by atoms with Gasteiger partial charge in [-0.25, -0.2) is 4.39 Å². The highest BCUT2D eigenvalue weighted by Crippen LogP contribution is 2.13. The van der Waals surface area contributed by atoms with Crippen LogP contribution in [0.1, 0.15) is 19.4 Å². The van der Waals surface area contributed by atoms with Crippen LogP contribution in [0.4, 0.5) is 4.39 Å². The minimum absolute atomic E-state index is 0.167. The number of hydrogen-bond acceptors (Lipinski definition) is 3. The summed E-state index contributed by atoms with van der Waals surface area (Å²) >= 11 is 0. The minimum Gasteiger partial charge on any atom is -0.468 e. The molecule has 0 aromatic heterocycles. The minimum atomic E-state index is -0.849. The Morgan fingerprint density at radius 3 is 2.58 bits per heavy atom. The lowest BCUT2D eigenvalue weighted by Gasteiger charge is -2.17. The van der Waals surface area contributed by atoms with Crippen LogP contribution in [0.25, 0.3) is 0 Å². The first-order chi connectivity index (χ1) is 8.95. The van der Waals surface area contributed by atoms with Crippen molar-refractivity contribution in [2.45, 2.75) is 20.4 Å². The van der Waals surface area contributed by atoms with Crippen LogP contribution >= 0.6 is 0 Å². The Morgan fingerprint density at radius 2 is 2.05 bits per heavy atom. The molecule has 1 atom stereocenters. The second kappa shape index (κ2) is 6.87. The van der Waals surface area contributed by atoms with Crippen LogP contribution in [-0.2, 0) is 20.9 Å². The second-order valence-corrected chi connectivity index (χ2v) is 4.59. The number of methoxy groups -OCH3 is 1. The highest BCUT2D eigenvalue weighted by atomic mass is 19.1. The van der Waals surface area contributed by atoms with Gasteiger partial charge in [0.25, 0.3) is 0 Å². The van der Waals surface area contributed by atoms with E-state index in [2.05, 4.69) is 10.1 Å². The maximum Gasteiger partial charge on any atom is 0.318 e. The SMILES string of the molecule is COC(=O)C(C(=O)NCc1cccc(F)c1)C(C)C. The fraction of sp³-hybridized carbons (Fsp3) is 0.429. The van der Waals surface area contributed by atoms with Crippen molar-refractivity contribution in [3.05, 3.63) is 35.6 Å². The highest BCUT2D eigenvalue weighted by Gasteiger charge is 2.30. The topological polar surface area (TPSA) is 55.4 Å². The average molecular weight is 267 g/mol. The molecular weight excluding hydrogens is 249 g/mol. The Morgan fingerprint density at radius 1 is 1.37 bits per heavy atom. The number of rotatable bonds is 5. The van der Waals surface area contributed by atoms with Gasteiger partial charge in [0.15, 0.2) is 0 Å². The molecule has 0 heterocycles. The summed E-state index contributed by atoms with van der Waals surface area (Å²) in [5.41, 5.74) is 0.640. The van der Waals surface area contributed by atoms with Crippen molar-refractivity contribution < 1.29 is 18.7 Å². The van der Waals surface area contributed by atoms with E-state index in [9.17, 15) is 14.0 Å². The Balaban J connectivity index is 2.65. The zero-order valence-corrected chi connectivity index (χ0v) is 11.3. The van der Waals surface area contributed by atoms with Gasteiger partial charge in [-0.3, -0.25) is 9.59 Å². The Kier molecular flexibility index (Phi) is 5.48. The van der Waals surface area contributed by atoms with Crippen LogP contribution in [0.5, 0.6) is 0 Å². The number of halogens is 1. The highest BCUT2D eigenvalue weighted by molar-refractivity contribution is 5.97. The molecule has 4 nitrogen and oxygen atoms in total. The molecule has 0 bridgehead atoms. The number of nitrogens with one attached hydrogen (secondary N) is 1. The molecular formula is C14H18FNO3. The summed E-state index contributed by atoms with van der Waals surface area (Å²) < 4.78 is 17.6. The number of ether oxygens (including phenoxy) is 1. The maximum absolute atomic E-state index is 13.0. The zero-order chi connectivity index (χ0) is 14.4. The third-order valence-electron chi connectivity index (χ3n) is 2.76. The first kappa shape index (κ1) is 15.1. The molecule has 0 radical (unpaired) electrons. The first-order valence-electron chi connectivity index (χ1n) is 6.05. The molecule has 1 aromatic carbocycles. The van der Waals surface area contributed by atoms with E-state index < -0.39 is 17.8 Å². The molecule has 1 aromatic rings. The molecule has 0 fully saturated rings. The van der Waals surface area contributed by atoms with Gasteiger partial charge in [-0.1, -0.05) is 26.0 Å². The van der Waals surface area contributed by atoms with Gasteiger partial charge in [-0.15, -0.1) is 0 Å². The molecule has 0 spiro atoms. The summed E-state index contributed by atoms with van der Waals surface area (Å²) in [6.45, 7) is 3.71. The molecule has 0 saturated carbocycles. The van der Waals surface area contributed by atoms with Gasteiger partial charge in [0, 0.05) is 6.54 Å². The molecule has 1 N–H and O–H groups in total. The predicted octanol–water partition coefficient (Wildman–Crippen LogP) is 1.89. The van der Waals surface area contributed by atoms with E-state index in [0.717, 1.165) is 0 Å². The van der Waals surface area contributed by atoms with Gasteiger partial charge in [-0.2, -0.15) is 0 Å². The van der Waals surface area contributed by atoms with Crippen molar-refractivity contribution in [2.75, 3.05) is 7.11 Å². The number of amides is 1. The molecule has 1 amide bonds. The van der Waals surface area contributed by atoms with E-state index in [1.807, 2.05) is 0 Å². The Bertz CT molecular complexity index is 460. The predicted molar refractivity (Wildman–Crippen MR) is 68.6 cm³/mol. The summed E-state index contributed by atoms with van der Waals surface area (Å²) in [7, 11) is 1.25. The molecule has 0 aliphatic heterocycles. The van der Waals surface area contributed by atoms with E-state index in [1.54, 1.807) is 26.0 Å². The number of esters is 1. The van der Waals surface area contributed by atoms with Crippen LogP contribution in [0.2, 0.25) is 0 Å². The van der Waals surface area contributed by atoms with Crippen molar-refractivity contribution in [1.29, 1.82) is 0 Å². The molecule has 0 aliphatic carbocycles. The van der Waals surface area contributed by atoms with Gasteiger partial charge in [0.2, 0.25) is 5.91 Å². The van der Waals surface area contributed by atoms with Gasteiger partial charge in [0.1, 0.15) is 11.7 Å². The molecule has 5 heteroatoms. The summed E-state index contributed by atoms with van der Waals surface area (Å²) in [6, 6.07) is 5.93. The van der Waals surface area contributed by atoms with Crippen LogP contribution < -0.4 is 5.32 Å². The lowest BCUT2D eigenvalue weighted by Crippen LogP contribution is -2.38. The molecule has 0 saturated heterocycles. The molecule has 19 heavy (non-hydrogen) atoms. The lowest BCUT2D eigenvalue weighted by atomic mass is 9.95. The summed E-state index contributed by atoms with van der Waals surface area (Å²) in [4.78, 5) is 23.5. The molecule has 1 unspecified atom stereocenters. The number of carbonyl (C=O) groups is 2. The number of hydrogen-bond donors (Lipinski definition) is 1. The van der Waals surface area contributed by atoms with Gasteiger partial charge < -0.3 is 10.1 Å². The monoisotopic (exact) mass is 267 g/mol. The molecule has 104 valence electrons. The standard InChI is InChI=1S/C14H18FNO3/c1-9(2)12(14(18)19-3)13(17)16-8-10-5-4-6-11(15)7-10/h4-7,9,12H,8H2,1-3H3,(H,16,17). The van der Waals surface area contributed by atoms with Crippen molar-refractivity contribution in [1.82, 2.24) is 5.32 Å². The Hall–Kier alpha value is -1.91. The lowest BCUT2D eigenvalue weighted by molar-refractivity contribution is -0.151. The third kappa shape index (κ3) is 4.35. The quantitative estimate of drug-likeness (QED) is 0.654. The normalized spacial score (nSPS) is 12.1. The van der Waals surface area contributed by atoms with Crippen LogP contribution in [0.3, 0.4) is 0 Å². The largest absolute Gasteiger partial charge is 0.468 e. The molecule has 0 aliphatic rings. The maximum atomic E-state index is 13.0. The molecule has 1 rings (SSSR count). The van der Waals surface area contributed by atoms with E-state index >= 15 is 0 Å². The van der Waals surface area contributed by atoms with E-state index in [-0.39, 0.29) is 18.3 Å². The smallest absolute Gasteiger partial charge is 0.318 e. The van der Waals surface area contributed by atoms with Crippen molar-refractivity contribution in [3.63, 3.8) is 0 Å². The van der Waals surface area contributed by atoms with E-state index in [1.165, 1.54) is 19.2 Å². The van der Waals surface area contributed by atoms with Crippen molar-refractivity contribution in [2.24, 2.45) is 11.8 Å². The van der Waals surface area contributed by atoms with E-state index in [4.69, 9.17) is 0 Å². The van der Waals surface area contributed by atoms with Gasteiger partial charge >= 0.3 is 5.97 Å². The summed E-state index contributed by atoms with van der Waals surface area (Å²) in [5, 5.41) is 2.62. The number of carbonyl (C=O) groups excluding carboxylic acids is 2. The average Bonchev–Trinajstić information content (AvgIpc) is 2.36. The zero-order valence-electron chi connectivity index (χ0n) is 11.3. The van der Waals surface area contributed by atoms with Crippen LogP contribution in [0.15, 0.2) is 24.3 Å². The fourth-order valence-corrected chi connectivity index (χ4v) is 1.75. The van der Waals surface area contributed by atoms with Crippen LogP contribution in [-0.4, -0.2) is 19.0 Å². The third-order valence-corrected chi connectivity index (χ3v) is 2.76. The van der Waals surface area contributed by atoms with Crippen LogP contribution in [0, 0.1) is 17.7 Å². The second-order valence-electron chi connectivity index (χ2n) is 4.59. The first-order valence-corrected chi connectivity index (χ1v) is 6.05. The van der Waals surface area contributed by atoms with E-state index in [0.29, 0.717) is 5.56 Å². The van der Waals surface area contributed by atoms with Crippen molar-refractivity contribution in [3.8, 4) is 0 Å². The van der Waals surface area contributed by atoms with Gasteiger partial charge in [-0.05, 0) is 23.6 Å². The Labute approximate surface area is 112 Å². The summed E-state index contributed by atoms with van der Waals surface area (Å²) in [6.07, 6.45) is 0. The number of benzene rings is 1. The summed E-state index contributed by atoms with van der Waals surface area (Å²) in [5.74, 6) is -2.35. The van der Waals surface area contributed by atoms with Crippen molar-refractivity contribution >= 4 is 11.9 Å².